The fourth-order valence-corrected chi connectivity index (χ4v) is 1.96. The highest BCUT2D eigenvalue weighted by atomic mass is 32.2. The fourth-order valence-electron chi connectivity index (χ4n) is 1.33. The maximum absolute atomic E-state index is 11.4. The highest BCUT2D eigenvalue weighted by molar-refractivity contribution is 7.90. The van der Waals surface area contributed by atoms with Gasteiger partial charge in [-0.25, -0.2) is 8.42 Å². The fraction of sp³-hybridized carbons (Fsp3) is 0.375. The van der Waals surface area contributed by atoms with E-state index >= 15 is 0 Å². The van der Waals surface area contributed by atoms with Crippen molar-refractivity contribution in [2.24, 2.45) is 0 Å². The molecule has 0 spiro atoms. The number of aromatic nitrogens is 4. The van der Waals surface area contributed by atoms with E-state index in [-0.39, 0.29) is 5.03 Å². The molecule has 0 bridgehead atoms. The van der Waals surface area contributed by atoms with E-state index in [0.29, 0.717) is 17.2 Å². The Morgan fingerprint density at radius 1 is 1.38 bits per heavy atom. The van der Waals surface area contributed by atoms with Crippen molar-refractivity contribution in [3.63, 3.8) is 0 Å². The SMILES string of the molecule is CNc1nnc2c(C)cc(S(C)(=O)=O)nn12. The van der Waals surface area contributed by atoms with Gasteiger partial charge in [-0.1, -0.05) is 0 Å². The molecule has 7 nitrogen and oxygen atoms in total. The maximum atomic E-state index is 11.4. The Labute approximate surface area is 92.4 Å². The lowest BCUT2D eigenvalue weighted by Crippen LogP contribution is -2.07. The first-order chi connectivity index (χ1) is 7.43. The largest absolute Gasteiger partial charge is 0.356 e. The minimum absolute atomic E-state index is 0.00815. The number of hydrogen-bond donors (Lipinski definition) is 1. The summed E-state index contributed by atoms with van der Waals surface area (Å²) in [5.74, 6) is 0.406. The van der Waals surface area contributed by atoms with Crippen LogP contribution in [0.3, 0.4) is 0 Å². The minimum atomic E-state index is -3.33. The zero-order chi connectivity index (χ0) is 11.9. The number of hydrogen-bond acceptors (Lipinski definition) is 6. The summed E-state index contributed by atoms with van der Waals surface area (Å²) < 4.78 is 24.2. The van der Waals surface area contributed by atoms with E-state index in [2.05, 4.69) is 20.6 Å². The minimum Gasteiger partial charge on any atom is -0.356 e. The molecular weight excluding hydrogens is 230 g/mol. The molecule has 2 heterocycles. The third-order valence-electron chi connectivity index (χ3n) is 2.14. The topological polar surface area (TPSA) is 89.2 Å². The molecule has 0 unspecified atom stereocenters. The summed E-state index contributed by atoms with van der Waals surface area (Å²) in [6.45, 7) is 1.76. The Balaban J connectivity index is 2.83. The Hall–Kier alpha value is -1.70. The molecule has 16 heavy (non-hydrogen) atoms. The summed E-state index contributed by atoms with van der Waals surface area (Å²) in [7, 11) is -1.67. The zero-order valence-electron chi connectivity index (χ0n) is 9.09. The van der Waals surface area contributed by atoms with E-state index in [0.717, 1.165) is 6.26 Å². The van der Waals surface area contributed by atoms with Crippen molar-refractivity contribution in [2.75, 3.05) is 18.6 Å². The molecule has 1 N–H and O–H groups in total. The molecule has 0 saturated carbocycles. The number of aryl methyl sites for hydroxylation is 1. The molecule has 2 aromatic heterocycles. The zero-order valence-corrected chi connectivity index (χ0v) is 9.91. The second-order valence-electron chi connectivity index (χ2n) is 3.45. The van der Waals surface area contributed by atoms with Crippen LogP contribution >= 0.6 is 0 Å². The molecule has 0 atom stereocenters. The molecule has 2 rings (SSSR count). The second-order valence-corrected chi connectivity index (χ2v) is 5.41. The summed E-state index contributed by atoms with van der Waals surface area (Å²) in [6, 6.07) is 1.48. The Bertz CT molecular complexity index is 646. The lowest BCUT2D eigenvalue weighted by atomic mass is 10.3. The van der Waals surface area contributed by atoms with Gasteiger partial charge in [0, 0.05) is 13.3 Å². The molecular formula is C8H11N5O2S. The molecule has 0 radical (unpaired) electrons. The number of nitrogens with one attached hydrogen (secondary N) is 1. The monoisotopic (exact) mass is 241 g/mol. The Morgan fingerprint density at radius 3 is 2.62 bits per heavy atom. The van der Waals surface area contributed by atoms with Crippen molar-refractivity contribution in [1.29, 1.82) is 0 Å². The first-order valence-electron chi connectivity index (χ1n) is 4.54. The number of nitrogens with zero attached hydrogens (tertiary/aromatic N) is 4. The van der Waals surface area contributed by atoms with E-state index in [9.17, 15) is 8.42 Å². The first kappa shape index (κ1) is 10.8. The summed E-state index contributed by atoms with van der Waals surface area (Å²) >= 11 is 0. The van der Waals surface area contributed by atoms with Gasteiger partial charge < -0.3 is 5.32 Å². The van der Waals surface area contributed by atoms with Gasteiger partial charge in [0.15, 0.2) is 20.5 Å². The average molecular weight is 241 g/mol. The first-order valence-corrected chi connectivity index (χ1v) is 6.43. The van der Waals surface area contributed by atoms with Crippen LogP contribution in [0.15, 0.2) is 11.1 Å². The molecule has 2 aromatic rings. The molecule has 0 aliphatic heterocycles. The molecule has 0 aliphatic rings. The molecule has 0 aliphatic carbocycles. The van der Waals surface area contributed by atoms with Gasteiger partial charge in [-0.05, 0) is 18.6 Å². The quantitative estimate of drug-likeness (QED) is 0.788. The van der Waals surface area contributed by atoms with Crippen LogP contribution in [0.5, 0.6) is 0 Å². The molecule has 0 fully saturated rings. The van der Waals surface area contributed by atoms with Crippen molar-refractivity contribution in [1.82, 2.24) is 19.8 Å². The smallest absolute Gasteiger partial charge is 0.245 e. The highest BCUT2D eigenvalue weighted by Gasteiger charge is 2.15. The van der Waals surface area contributed by atoms with Crippen molar-refractivity contribution >= 4 is 21.4 Å². The summed E-state index contributed by atoms with van der Waals surface area (Å²) in [5.41, 5.74) is 1.25. The number of sulfone groups is 1. The molecule has 0 saturated heterocycles. The van der Waals surface area contributed by atoms with Gasteiger partial charge in [-0.15, -0.1) is 10.2 Å². The van der Waals surface area contributed by atoms with Crippen molar-refractivity contribution in [3.8, 4) is 0 Å². The van der Waals surface area contributed by atoms with Crippen molar-refractivity contribution < 1.29 is 8.42 Å². The van der Waals surface area contributed by atoms with E-state index in [4.69, 9.17) is 0 Å². The van der Waals surface area contributed by atoms with Crippen LogP contribution in [0, 0.1) is 6.92 Å². The van der Waals surface area contributed by atoms with Crippen LogP contribution in [0.25, 0.3) is 5.65 Å². The van der Waals surface area contributed by atoms with Crippen LogP contribution in [0.1, 0.15) is 5.56 Å². The normalized spacial score (nSPS) is 11.9. The number of anilines is 1. The summed E-state index contributed by atoms with van der Waals surface area (Å²) in [6.07, 6.45) is 1.12. The predicted molar refractivity (Wildman–Crippen MR) is 58.2 cm³/mol. The van der Waals surface area contributed by atoms with Crippen LogP contribution in [0.4, 0.5) is 5.95 Å². The Kier molecular flexibility index (Phi) is 2.30. The average Bonchev–Trinajstić information content (AvgIpc) is 2.59. The molecule has 86 valence electrons. The molecule has 8 heteroatoms. The lowest BCUT2D eigenvalue weighted by molar-refractivity contribution is 0.594. The third-order valence-corrected chi connectivity index (χ3v) is 3.09. The standard InChI is InChI=1S/C8H11N5O2S/c1-5-4-6(16(3,14)15)12-13-7(5)10-11-8(13)9-2/h4H,1-3H3,(H,9,11). The maximum Gasteiger partial charge on any atom is 0.245 e. The van der Waals surface area contributed by atoms with Crippen molar-refractivity contribution in [2.45, 2.75) is 11.9 Å². The van der Waals surface area contributed by atoms with Gasteiger partial charge in [-0.2, -0.15) is 9.61 Å². The van der Waals surface area contributed by atoms with E-state index in [1.807, 2.05) is 0 Å². The van der Waals surface area contributed by atoms with E-state index in [1.54, 1.807) is 14.0 Å². The predicted octanol–water partition coefficient (Wildman–Crippen LogP) is -0.122. The van der Waals surface area contributed by atoms with Gasteiger partial charge in [0.2, 0.25) is 5.95 Å². The lowest BCUT2D eigenvalue weighted by Gasteiger charge is -2.02. The van der Waals surface area contributed by atoms with Crippen LogP contribution in [-0.2, 0) is 9.84 Å². The summed E-state index contributed by atoms with van der Waals surface area (Å²) in [4.78, 5) is 0. The summed E-state index contributed by atoms with van der Waals surface area (Å²) in [5, 5.41) is 14.5. The van der Waals surface area contributed by atoms with Gasteiger partial charge in [0.25, 0.3) is 0 Å². The van der Waals surface area contributed by atoms with Gasteiger partial charge >= 0.3 is 0 Å². The molecule has 0 amide bonds. The van der Waals surface area contributed by atoms with E-state index < -0.39 is 9.84 Å². The van der Waals surface area contributed by atoms with Gasteiger partial charge in [0.05, 0.1) is 0 Å². The van der Waals surface area contributed by atoms with E-state index in [1.165, 1.54) is 10.6 Å². The van der Waals surface area contributed by atoms with Gasteiger partial charge in [0.1, 0.15) is 0 Å². The number of fused-ring (bicyclic) bond motifs is 1. The number of rotatable bonds is 2. The third kappa shape index (κ3) is 1.60. The van der Waals surface area contributed by atoms with Crippen molar-refractivity contribution in [3.05, 3.63) is 11.6 Å². The van der Waals surface area contributed by atoms with Crippen LogP contribution in [-0.4, -0.2) is 41.5 Å². The van der Waals surface area contributed by atoms with Crippen LogP contribution < -0.4 is 5.32 Å². The Morgan fingerprint density at radius 2 is 2.06 bits per heavy atom. The second kappa shape index (κ2) is 3.41. The van der Waals surface area contributed by atoms with Gasteiger partial charge in [-0.3, -0.25) is 0 Å². The molecule has 0 aromatic carbocycles. The highest BCUT2D eigenvalue weighted by Crippen LogP contribution is 2.14. The van der Waals surface area contributed by atoms with Crippen LogP contribution in [0.2, 0.25) is 0 Å².